The second-order valence-corrected chi connectivity index (χ2v) is 6.19. The standard InChI is InChI=1S/C20H12FN7O/c21-13-9-12(10-22-11-13)17-26-18-14-5-1-2-6-15(14)24-20(28(18)27-17)25-16-7-3-4-8-23-19(16)29/h1-11H,(H,23,24,25,29). The molecule has 140 valence electrons. The van der Waals surface area contributed by atoms with Gasteiger partial charge in [0.1, 0.15) is 11.5 Å². The Morgan fingerprint density at radius 3 is 2.76 bits per heavy atom. The Morgan fingerprint density at radius 1 is 1.00 bits per heavy atom. The van der Waals surface area contributed by atoms with Crippen LogP contribution in [0.5, 0.6) is 0 Å². The summed E-state index contributed by atoms with van der Waals surface area (Å²) in [4.78, 5) is 29.0. The van der Waals surface area contributed by atoms with E-state index in [2.05, 4.69) is 30.4 Å². The number of benzene rings is 1. The van der Waals surface area contributed by atoms with Crippen LogP contribution < -0.4 is 10.9 Å². The third-order valence-electron chi connectivity index (χ3n) is 4.27. The van der Waals surface area contributed by atoms with Crippen molar-refractivity contribution < 1.29 is 4.39 Å². The molecule has 0 radical (unpaired) electrons. The molecule has 0 aliphatic heterocycles. The lowest BCUT2D eigenvalue weighted by atomic mass is 10.2. The van der Waals surface area contributed by atoms with Gasteiger partial charge in [0, 0.05) is 23.3 Å². The molecule has 0 amide bonds. The molecule has 4 heterocycles. The van der Waals surface area contributed by atoms with Gasteiger partial charge in [-0.3, -0.25) is 9.78 Å². The molecular weight excluding hydrogens is 373 g/mol. The Balaban J connectivity index is 1.76. The third-order valence-corrected chi connectivity index (χ3v) is 4.27. The van der Waals surface area contributed by atoms with Crippen molar-refractivity contribution >= 4 is 28.2 Å². The van der Waals surface area contributed by atoms with Crippen LogP contribution in [0, 0.1) is 5.82 Å². The highest BCUT2D eigenvalue weighted by atomic mass is 19.1. The van der Waals surface area contributed by atoms with E-state index in [1.807, 2.05) is 24.3 Å². The first-order valence-corrected chi connectivity index (χ1v) is 8.68. The average Bonchev–Trinajstić information content (AvgIpc) is 3.09. The molecule has 0 saturated heterocycles. The van der Waals surface area contributed by atoms with Crippen molar-refractivity contribution in [2.24, 2.45) is 0 Å². The lowest BCUT2D eigenvalue weighted by Gasteiger charge is -2.07. The van der Waals surface area contributed by atoms with Gasteiger partial charge in [-0.05, 0) is 30.3 Å². The van der Waals surface area contributed by atoms with E-state index < -0.39 is 11.4 Å². The lowest BCUT2D eigenvalue weighted by molar-refractivity contribution is 0.622. The Kier molecular flexibility index (Phi) is 3.91. The number of aromatic nitrogens is 6. The zero-order chi connectivity index (χ0) is 19.8. The first-order chi connectivity index (χ1) is 14.2. The van der Waals surface area contributed by atoms with Gasteiger partial charge in [-0.1, -0.05) is 18.2 Å². The van der Waals surface area contributed by atoms with Gasteiger partial charge in [-0.25, -0.2) is 19.3 Å². The summed E-state index contributed by atoms with van der Waals surface area (Å²) < 4.78 is 15.1. The van der Waals surface area contributed by atoms with Crippen molar-refractivity contribution in [3.8, 4) is 11.4 Å². The molecule has 1 aromatic carbocycles. The van der Waals surface area contributed by atoms with Gasteiger partial charge < -0.3 is 5.32 Å². The van der Waals surface area contributed by atoms with Crippen LogP contribution in [0.3, 0.4) is 0 Å². The number of hydrogen-bond donors (Lipinski definition) is 1. The molecule has 9 heteroatoms. The number of pyridine rings is 1. The van der Waals surface area contributed by atoms with Gasteiger partial charge in [0.05, 0.1) is 11.7 Å². The molecule has 29 heavy (non-hydrogen) atoms. The van der Waals surface area contributed by atoms with Crippen LogP contribution in [0.2, 0.25) is 0 Å². The minimum absolute atomic E-state index is 0.239. The predicted molar refractivity (Wildman–Crippen MR) is 105 cm³/mol. The molecule has 5 aromatic rings. The Morgan fingerprint density at radius 2 is 1.86 bits per heavy atom. The first kappa shape index (κ1) is 16.9. The number of halogens is 1. The van der Waals surface area contributed by atoms with Gasteiger partial charge in [-0.2, -0.15) is 4.52 Å². The fourth-order valence-corrected chi connectivity index (χ4v) is 2.96. The molecule has 0 unspecified atom stereocenters. The van der Waals surface area contributed by atoms with E-state index in [0.717, 1.165) is 11.6 Å². The van der Waals surface area contributed by atoms with Crippen LogP contribution in [0.15, 0.2) is 71.9 Å². The number of hydrogen-bond acceptors (Lipinski definition) is 7. The first-order valence-electron chi connectivity index (χ1n) is 8.68. The topological polar surface area (TPSA) is 98.0 Å². The minimum atomic E-state index is -0.485. The molecule has 1 N–H and O–H groups in total. The summed E-state index contributed by atoms with van der Waals surface area (Å²) in [7, 11) is 0. The maximum absolute atomic E-state index is 13.6. The SMILES string of the molecule is O=c1nccccc1Nc1nc2ccccc2c2nc(-c3cncc(F)c3)nn12. The molecule has 0 bridgehead atoms. The number of nitrogens with zero attached hydrogens (tertiary/aromatic N) is 6. The maximum atomic E-state index is 13.6. The summed E-state index contributed by atoms with van der Waals surface area (Å²) in [6.45, 7) is 0. The van der Waals surface area contributed by atoms with Crippen molar-refractivity contribution in [1.29, 1.82) is 0 Å². The third kappa shape index (κ3) is 3.04. The summed E-state index contributed by atoms with van der Waals surface area (Å²) in [5.74, 6) is 0.0887. The number of para-hydroxylation sites is 1. The van der Waals surface area contributed by atoms with Crippen LogP contribution >= 0.6 is 0 Å². The molecule has 0 aliphatic carbocycles. The summed E-state index contributed by atoms with van der Waals surface area (Å²) in [5, 5.41) is 8.22. The molecule has 5 rings (SSSR count). The summed E-state index contributed by atoms with van der Waals surface area (Å²) >= 11 is 0. The Hall–Kier alpha value is -4.27. The quantitative estimate of drug-likeness (QED) is 0.510. The molecule has 8 nitrogen and oxygen atoms in total. The number of rotatable bonds is 3. The highest BCUT2D eigenvalue weighted by Crippen LogP contribution is 2.25. The van der Waals surface area contributed by atoms with Crippen molar-refractivity contribution in [3.63, 3.8) is 0 Å². The van der Waals surface area contributed by atoms with Crippen molar-refractivity contribution in [3.05, 3.63) is 83.3 Å². The van der Waals surface area contributed by atoms with E-state index in [-0.39, 0.29) is 17.5 Å². The highest BCUT2D eigenvalue weighted by molar-refractivity contribution is 5.93. The zero-order valence-electron chi connectivity index (χ0n) is 14.8. The van der Waals surface area contributed by atoms with E-state index in [1.54, 1.807) is 18.2 Å². The molecule has 0 spiro atoms. The summed E-state index contributed by atoms with van der Waals surface area (Å²) in [6, 6.07) is 13.7. The minimum Gasteiger partial charge on any atom is -0.319 e. The van der Waals surface area contributed by atoms with Gasteiger partial charge >= 0.3 is 0 Å². The van der Waals surface area contributed by atoms with Gasteiger partial charge in [0.25, 0.3) is 5.56 Å². The second-order valence-electron chi connectivity index (χ2n) is 6.19. The monoisotopic (exact) mass is 385 g/mol. The highest BCUT2D eigenvalue weighted by Gasteiger charge is 2.15. The second kappa shape index (κ2) is 6.71. The fraction of sp³-hybridized carbons (Fsp3) is 0. The van der Waals surface area contributed by atoms with Gasteiger partial charge in [-0.15, -0.1) is 5.10 Å². The molecule has 0 atom stereocenters. The van der Waals surface area contributed by atoms with Gasteiger partial charge in [0.2, 0.25) is 5.95 Å². The maximum Gasteiger partial charge on any atom is 0.293 e. The molecule has 0 aliphatic rings. The smallest absolute Gasteiger partial charge is 0.293 e. The lowest BCUT2D eigenvalue weighted by Crippen LogP contribution is -2.11. The fourth-order valence-electron chi connectivity index (χ4n) is 2.96. The van der Waals surface area contributed by atoms with Crippen LogP contribution in [-0.2, 0) is 0 Å². The molecule has 4 aromatic heterocycles. The number of anilines is 2. The van der Waals surface area contributed by atoms with E-state index >= 15 is 0 Å². The van der Waals surface area contributed by atoms with E-state index in [1.165, 1.54) is 23.0 Å². The molecular formula is C20H12FN7O. The van der Waals surface area contributed by atoms with E-state index in [4.69, 9.17) is 0 Å². The van der Waals surface area contributed by atoms with Gasteiger partial charge in [0.15, 0.2) is 11.5 Å². The van der Waals surface area contributed by atoms with Crippen molar-refractivity contribution in [2.75, 3.05) is 5.32 Å². The van der Waals surface area contributed by atoms with E-state index in [0.29, 0.717) is 16.7 Å². The Bertz CT molecular complexity index is 1430. The zero-order valence-corrected chi connectivity index (χ0v) is 14.8. The average molecular weight is 385 g/mol. The number of nitrogens with one attached hydrogen (secondary N) is 1. The predicted octanol–water partition coefficient (Wildman–Crippen LogP) is 2.98. The van der Waals surface area contributed by atoms with Crippen molar-refractivity contribution in [2.45, 2.75) is 0 Å². The molecule has 0 saturated carbocycles. The summed E-state index contributed by atoms with van der Waals surface area (Å²) in [6.07, 6.45) is 4.01. The molecule has 0 fully saturated rings. The number of fused-ring (bicyclic) bond motifs is 3. The Labute approximate surface area is 162 Å². The van der Waals surface area contributed by atoms with Crippen molar-refractivity contribution in [1.82, 2.24) is 29.5 Å². The van der Waals surface area contributed by atoms with E-state index in [9.17, 15) is 9.18 Å². The normalized spacial score (nSPS) is 11.1. The largest absolute Gasteiger partial charge is 0.319 e. The van der Waals surface area contributed by atoms with Crippen LogP contribution in [0.1, 0.15) is 0 Å². The summed E-state index contributed by atoms with van der Waals surface area (Å²) in [5.41, 5.74) is 1.41. The van der Waals surface area contributed by atoms with Crippen LogP contribution in [-0.4, -0.2) is 29.5 Å². The van der Waals surface area contributed by atoms with Crippen LogP contribution in [0.4, 0.5) is 16.0 Å². The van der Waals surface area contributed by atoms with Crippen LogP contribution in [0.25, 0.3) is 27.9 Å².